The van der Waals surface area contributed by atoms with E-state index in [1.54, 1.807) is 7.11 Å². The average molecular weight is 371 g/mol. The number of nitrogens with zero attached hydrogens (tertiary/aromatic N) is 3. The fourth-order valence-corrected chi connectivity index (χ4v) is 4.05. The fourth-order valence-electron chi connectivity index (χ4n) is 4.05. The topological polar surface area (TPSA) is 78.0 Å². The standard InChI is InChI=1S/C22H21N5O/c1-28-16-11-9-15(10-12-16)19-13-20(27-22(24-19)25-21(23)26-27)18-8-4-6-14-5-2-3-7-17(14)18/h2-12,19-20H,13H2,1H3,(H3,23,24,25,26)/t19-,20-/m1/s1. The van der Waals surface area contributed by atoms with Crippen molar-refractivity contribution in [2.45, 2.75) is 18.5 Å². The number of anilines is 2. The Morgan fingerprint density at radius 3 is 2.64 bits per heavy atom. The Morgan fingerprint density at radius 1 is 1.04 bits per heavy atom. The number of methoxy groups -OCH3 is 1. The third-order valence-electron chi connectivity index (χ3n) is 5.41. The number of hydrogen-bond acceptors (Lipinski definition) is 5. The molecule has 3 aromatic carbocycles. The van der Waals surface area contributed by atoms with E-state index in [-0.39, 0.29) is 18.0 Å². The van der Waals surface area contributed by atoms with Crippen LogP contribution in [0.2, 0.25) is 0 Å². The molecule has 2 atom stereocenters. The maximum atomic E-state index is 5.93. The molecule has 0 saturated heterocycles. The van der Waals surface area contributed by atoms with E-state index in [1.165, 1.54) is 21.9 Å². The van der Waals surface area contributed by atoms with Crippen molar-refractivity contribution in [2.24, 2.45) is 0 Å². The molecular weight excluding hydrogens is 350 g/mol. The lowest BCUT2D eigenvalue weighted by molar-refractivity contribution is 0.413. The second kappa shape index (κ2) is 6.56. The molecule has 6 heteroatoms. The molecule has 140 valence electrons. The highest BCUT2D eigenvalue weighted by Crippen LogP contribution is 2.40. The zero-order valence-electron chi connectivity index (χ0n) is 15.5. The summed E-state index contributed by atoms with van der Waals surface area (Å²) in [7, 11) is 1.68. The van der Waals surface area contributed by atoms with E-state index in [0.717, 1.165) is 12.2 Å². The van der Waals surface area contributed by atoms with Gasteiger partial charge in [-0.25, -0.2) is 4.68 Å². The molecule has 1 aromatic heterocycles. The second-order valence-corrected chi connectivity index (χ2v) is 7.03. The van der Waals surface area contributed by atoms with E-state index < -0.39 is 0 Å². The summed E-state index contributed by atoms with van der Waals surface area (Å²) in [5, 5.41) is 10.4. The van der Waals surface area contributed by atoms with E-state index in [9.17, 15) is 0 Å². The predicted octanol–water partition coefficient (Wildman–Crippen LogP) is 4.17. The molecule has 1 aliphatic heterocycles. The van der Waals surface area contributed by atoms with Crippen LogP contribution < -0.4 is 15.8 Å². The zero-order valence-corrected chi connectivity index (χ0v) is 15.5. The smallest absolute Gasteiger partial charge is 0.241 e. The van der Waals surface area contributed by atoms with Gasteiger partial charge in [0.25, 0.3) is 0 Å². The van der Waals surface area contributed by atoms with E-state index in [2.05, 4.69) is 70.0 Å². The Bertz CT molecular complexity index is 1130. The first-order valence-corrected chi connectivity index (χ1v) is 9.33. The lowest BCUT2D eigenvalue weighted by Gasteiger charge is -2.32. The van der Waals surface area contributed by atoms with Crippen LogP contribution >= 0.6 is 0 Å². The minimum absolute atomic E-state index is 0.0410. The van der Waals surface area contributed by atoms with Crippen LogP contribution in [0.25, 0.3) is 10.8 Å². The van der Waals surface area contributed by atoms with Gasteiger partial charge in [0.1, 0.15) is 5.75 Å². The quantitative estimate of drug-likeness (QED) is 0.565. The zero-order chi connectivity index (χ0) is 19.1. The number of fused-ring (bicyclic) bond motifs is 2. The van der Waals surface area contributed by atoms with Crippen LogP contribution in [0.3, 0.4) is 0 Å². The lowest BCUT2D eigenvalue weighted by atomic mass is 9.90. The summed E-state index contributed by atoms with van der Waals surface area (Å²) >= 11 is 0. The van der Waals surface area contributed by atoms with Crippen molar-refractivity contribution >= 4 is 22.7 Å². The van der Waals surface area contributed by atoms with Gasteiger partial charge in [-0.15, -0.1) is 5.10 Å². The number of ether oxygens (including phenoxy) is 1. The number of nitrogens with one attached hydrogen (secondary N) is 1. The Labute approximate surface area is 163 Å². The third kappa shape index (κ3) is 2.74. The van der Waals surface area contributed by atoms with Crippen LogP contribution in [0.5, 0.6) is 5.75 Å². The summed E-state index contributed by atoms with van der Waals surface area (Å²) in [4.78, 5) is 4.41. The van der Waals surface area contributed by atoms with Crippen LogP contribution in [0.15, 0.2) is 66.7 Å². The van der Waals surface area contributed by atoms with Gasteiger partial charge < -0.3 is 15.8 Å². The molecule has 0 bridgehead atoms. The molecule has 2 heterocycles. The molecular formula is C22H21N5O. The number of hydrogen-bond donors (Lipinski definition) is 2. The van der Waals surface area contributed by atoms with Gasteiger partial charge in [0.15, 0.2) is 0 Å². The number of aromatic nitrogens is 3. The minimum Gasteiger partial charge on any atom is -0.497 e. The van der Waals surface area contributed by atoms with Gasteiger partial charge in [-0.3, -0.25) is 0 Å². The third-order valence-corrected chi connectivity index (χ3v) is 5.41. The Hall–Kier alpha value is -3.54. The Kier molecular flexibility index (Phi) is 3.90. The molecule has 0 radical (unpaired) electrons. The van der Waals surface area contributed by atoms with Crippen molar-refractivity contribution in [3.8, 4) is 5.75 Å². The van der Waals surface area contributed by atoms with Crippen LogP contribution in [-0.2, 0) is 0 Å². The first-order valence-electron chi connectivity index (χ1n) is 9.33. The molecule has 4 aromatic rings. The number of nitrogens with two attached hydrogens (primary N) is 1. The van der Waals surface area contributed by atoms with Gasteiger partial charge in [0.05, 0.1) is 19.2 Å². The molecule has 0 unspecified atom stereocenters. The van der Waals surface area contributed by atoms with Gasteiger partial charge >= 0.3 is 0 Å². The predicted molar refractivity (Wildman–Crippen MR) is 110 cm³/mol. The molecule has 6 nitrogen and oxygen atoms in total. The molecule has 3 N–H and O–H groups in total. The molecule has 5 rings (SSSR count). The monoisotopic (exact) mass is 371 g/mol. The Balaban J connectivity index is 1.61. The van der Waals surface area contributed by atoms with E-state index in [0.29, 0.717) is 5.95 Å². The van der Waals surface area contributed by atoms with Crippen molar-refractivity contribution in [3.05, 3.63) is 77.9 Å². The Morgan fingerprint density at radius 2 is 1.82 bits per heavy atom. The highest BCUT2D eigenvalue weighted by Gasteiger charge is 2.31. The van der Waals surface area contributed by atoms with Crippen molar-refractivity contribution < 1.29 is 4.74 Å². The highest BCUT2D eigenvalue weighted by molar-refractivity contribution is 5.86. The van der Waals surface area contributed by atoms with E-state index >= 15 is 0 Å². The summed E-state index contributed by atoms with van der Waals surface area (Å²) in [6, 6.07) is 23.1. The van der Waals surface area contributed by atoms with E-state index in [4.69, 9.17) is 10.5 Å². The first kappa shape index (κ1) is 16.6. The molecule has 28 heavy (non-hydrogen) atoms. The highest BCUT2D eigenvalue weighted by atomic mass is 16.5. The summed E-state index contributed by atoms with van der Waals surface area (Å²) < 4.78 is 7.21. The molecule has 0 saturated carbocycles. The molecule has 1 aliphatic rings. The number of rotatable bonds is 3. The number of benzene rings is 3. The van der Waals surface area contributed by atoms with Gasteiger partial charge in [0.2, 0.25) is 11.9 Å². The van der Waals surface area contributed by atoms with Crippen LogP contribution in [0, 0.1) is 0 Å². The van der Waals surface area contributed by atoms with Crippen LogP contribution in [-0.4, -0.2) is 21.9 Å². The van der Waals surface area contributed by atoms with Crippen LogP contribution in [0.1, 0.15) is 29.6 Å². The summed E-state index contributed by atoms with van der Waals surface area (Å²) in [6.45, 7) is 0. The molecule has 0 aliphatic carbocycles. The van der Waals surface area contributed by atoms with Crippen molar-refractivity contribution in [1.82, 2.24) is 14.8 Å². The molecule has 0 fully saturated rings. The summed E-state index contributed by atoms with van der Waals surface area (Å²) in [5.41, 5.74) is 8.34. The average Bonchev–Trinajstić information content (AvgIpc) is 3.13. The van der Waals surface area contributed by atoms with Crippen LogP contribution in [0.4, 0.5) is 11.9 Å². The normalized spacial score (nSPS) is 18.5. The first-order chi connectivity index (χ1) is 13.7. The van der Waals surface area contributed by atoms with Crippen molar-refractivity contribution in [3.63, 3.8) is 0 Å². The second-order valence-electron chi connectivity index (χ2n) is 7.03. The lowest BCUT2D eigenvalue weighted by Crippen LogP contribution is -2.28. The maximum Gasteiger partial charge on any atom is 0.241 e. The van der Waals surface area contributed by atoms with Gasteiger partial charge in [-0.1, -0.05) is 54.6 Å². The summed E-state index contributed by atoms with van der Waals surface area (Å²) in [6.07, 6.45) is 0.843. The van der Waals surface area contributed by atoms with Gasteiger partial charge in [-0.05, 0) is 40.5 Å². The summed E-state index contributed by atoms with van der Waals surface area (Å²) in [5.74, 6) is 1.82. The maximum absolute atomic E-state index is 5.93. The van der Waals surface area contributed by atoms with Gasteiger partial charge in [0, 0.05) is 0 Å². The number of nitrogen functional groups attached to an aromatic ring is 1. The van der Waals surface area contributed by atoms with E-state index in [1.807, 2.05) is 16.8 Å². The van der Waals surface area contributed by atoms with Gasteiger partial charge in [-0.2, -0.15) is 4.98 Å². The van der Waals surface area contributed by atoms with Crippen molar-refractivity contribution in [2.75, 3.05) is 18.2 Å². The minimum atomic E-state index is 0.0410. The largest absolute Gasteiger partial charge is 0.497 e. The fraction of sp³-hybridized carbons (Fsp3) is 0.182. The van der Waals surface area contributed by atoms with Crippen molar-refractivity contribution in [1.29, 1.82) is 0 Å². The SMILES string of the molecule is COc1ccc([C@H]2C[C@H](c3cccc4ccccc34)n3nc(N)nc3N2)cc1. The molecule has 0 spiro atoms. The molecule has 0 amide bonds.